The average molecular weight is 192 g/mol. The Morgan fingerprint density at radius 1 is 1.17 bits per heavy atom. The van der Waals surface area contributed by atoms with Crippen molar-refractivity contribution in [3.05, 3.63) is 0 Å². The fourth-order valence-corrected chi connectivity index (χ4v) is 2.76. The Labute approximate surface area is 71.5 Å². The SMILES string of the molecule is O=C(O)S(=O)(=O)C1CCCCC1. The minimum Gasteiger partial charge on any atom is -0.470 e. The van der Waals surface area contributed by atoms with Gasteiger partial charge in [0.1, 0.15) is 0 Å². The van der Waals surface area contributed by atoms with E-state index in [4.69, 9.17) is 5.11 Å². The van der Waals surface area contributed by atoms with E-state index in [1.165, 1.54) is 0 Å². The molecule has 70 valence electrons. The highest BCUT2D eigenvalue weighted by Gasteiger charge is 2.33. The van der Waals surface area contributed by atoms with Gasteiger partial charge in [0.2, 0.25) is 0 Å². The fraction of sp³-hybridized carbons (Fsp3) is 0.857. The Morgan fingerprint density at radius 2 is 1.67 bits per heavy atom. The van der Waals surface area contributed by atoms with Crippen molar-refractivity contribution in [2.24, 2.45) is 0 Å². The van der Waals surface area contributed by atoms with E-state index >= 15 is 0 Å². The molecule has 0 spiro atoms. The maximum atomic E-state index is 11.1. The topological polar surface area (TPSA) is 71.4 Å². The molecule has 0 bridgehead atoms. The quantitative estimate of drug-likeness (QED) is 0.681. The van der Waals surface area contributed by atoms with Gasteiger partial charge in [-0.1, -0.05) is 19.3 Å². The van der Waals surface area contributed by atoms with Gasteiger partial charge in [-0.3, -0.25) is 0 Å². The predicted octanol–water partition coefficient (Wildman–Crippen LogP) is 1.41. The lowest BCUT2D eigenvalue weighted by Crippen LogP contribution is -2.29. The summed E-state index contributed by atoms with van der Waals surface area (Å²) < 4.78 is 22.2. The molecular weight excluding hydrogens is 180 g/mol. The van der Waals surface area contributed by atoms with Gasteiger partial charge in [0, 0.05) is 0 Å². The molecule has 1 fully saturated rings. The first kappa shape index (κ1) is 9.51. The van der Waals surface area contributed by atoms with Crippen LogP contribution in [0.2, 0.25) is 0 Å². The molecular formula is C7H12O4S. The number of carbonyl (C=O) groups is 1. The van der Waals surface area contributed by atoms with Crippen LogP contribution in [0.25, 0.3) is 0 Å². The Bertz CT molecular complexity index is 261. The second-order valence-corrected chi connectivity index (χ2v) is 5.18. The summed E-state index contributed by atoms with van der Waals surface area (Å²) in [6, 6.07) is 0. The summed E-state index contributed by atoms with van der Waals surface area (Å²) in [5, 5.41) is 6.10. The lowest BCUT2D eigenvalue weighted by atomic mass is 10.0. The standard InChI is InChI=1S/C7H12O4S/c8-7(9)12(10,11)6-4-2-1-3-5-6/h6H,1-5H2,(H,8,9). The molecule has 0 saturated heterocycles. The molecule has 0 aromatic carbocycles. The van der Waals surface area contributed by atoms with Crippen LogP contribution in [-0.2, 0) is 9.84 Å². The van der Waals surface area contributed by atoms with E-state index in [9.17, 15) is 13.2 Å². The van der Waals surface area contributed by atoms with Gasteiger partial charge in [-0.2, -0.15) is 0 Å². The zero-order valence-corrected chi connectivity index (χ0v) is 7.51. The summed E-state index contributed by atoms with van der Waals surface area (Å²) in [7, 11) is -3.88. The van der Waals surface area contributed by atoms with Crippen LogP contribution in [-0.4, -0.2) is 24.1 Å². The molecule has 0 heterocycles. The average Bonchev–Trinajstić information content (AvgIpc) is 2.06. The van der Waals surface area contributed by atoms with Crippen molar-refractivity contribution in [1.29, 1.82) is 0 Å². The molecule has 1 N–H and O–H groups in total. The van der Waals surface area contributed by atoms with Crippen molar-refractivity contribution in [1.82, 2.24) is 0 Å². The van der Waals surface area contributed by atoms with Gasteiger partial charge in [0.05, 0.1) is 5.25 Å². The molecule has 0 aromatic rings. The second kappa shape index (κ2) is 3.43. The van der Waals surface area contributed by atoms with Crippen LogP contribution < -0.4 is 0 Å². The summed E-state index contributed by atoms with van der Waals surface area (Å²) in [5.74, 6) is 0. The zero-order chi connectivity index (χ0) is 9.19. The van der Waals surface area contributed by atoms with Gasteiger partial charge in [0.15, 0.2) is 0 Å². The van der Waals surface area contributed by atoms with Crippen LogP contribution in [0, 0.1) is 0 Å². The summed E-state index contributed by atoms with van der Waals surface area (Å²) in [6.07, 6.45) is 3.70. The summed E-state index contributed by atoms with van der Waals surface area (Å²) in [6.45, 7) is 0. The van der Waals surface area contributed by atoms with Gasteiger partial charge in [-0.15, -0.1) is 0 Å². The van der Waals surface area contributed by atoms with E-state index < -0.39 is 20.4 Å². The first-order valence-corrected chi connectivity index (χ1v) is 5.56. The highest BCUT2D eigenvalue weighted by Crippen LogP contribution is 2.24. The van der Waals surface area contributed by atoms with Crippen LogP contribution in [0.5, 0.6) is 0 Å². The molecule has 0 atom stereocenters. The molecule has 0 aromatic heterocycles. The van der Waals surface area contributed by atoms with E-state index in [1.54, 1.807) is 0 Å². The highest BCUT2D eigenvalue weighted by molar-refractivity contribution is 8.06. The van der Waals surface area contributed by atoms with E-state index in [0.29, 0.717) is 12.8 Å². The lowest BCUT2D eigenvalue weighted by Gasteiger charge is -2.18. The van der Waals surface area contributed by atoms with Crippen LogP contribution in [0.15, 0.2) is 0 Å². The van der Waals surface area contributed by atoms with Gasteiger partial charge < -0.3 is 5.11 Å². The second-order valence-electron chi connectivity index (χ2n) is 3.07. The van der Waals surface area contributed by atoms with Crippen molar-refractivity contribution < 1.29 is 18.3 Å². The number of sulfone groups is 1. The fourth-order valence-electron chi connectivity index (χ4n) is 1.52. The maximum Gasteiger partial charge on any atom is 0.422 e. The van der Waals surface area contributed by atoms with Crippen molar-refractivity contribution in [3.63, 3.8) is 0 Å². The van der Waals surface area contributed by atoms with Crippen LogP contribution in [0.3, 0.4) is 0 Å². The van der Waals surface area contributed by atoms with E-state index in [-0.39, 0.29) is 0 Å². The Balaban J connectivity index is 2.74. The Morgan fingerprint density at radius 3 is 2.08 bits per heavy atom. The largest absolute Gasteiger partial charge is 0.470 e. The third-order valence-corrected chi connectivity index (χ3v) is 4.07. The number of hydrogen-bond donors (Lipinski definition) is 1. The highest BCUT2D eigenvalue weighted by atomic mass is 32.2. The molecule has 0 radical (unpaired) electrons. The minimum atomic E-state index is -3.88. The van der Waals surface area contributed by atoms with Crippen molar-refractivity contribution in [2.45, 2.75) is 37.4 Å². The monoisotopic (exact) mass is 192 g/mol. The van der Waals surface area contributed by atoms with E-state index in [0.717, 1.165) is 19.3 Å². The number of rotatable bonds is 1. The minimum absolute atomic E-state index is 0.509. The predicted molar refractivity (Wildman–Crippen MR) is 43.8 cm³/mol. The third kappa shape index (κ3) is 1.77. The van der Waals surface area contributed by atoms with Crippen LogP contribution in [0.4, 0.5) is 4.79 Å². The third-order valence-electron chi connectivity index (χ3n) is 2.23. The first-order chi connectivity index (χ1) is 5.55. The molecule has 0 amide bonds. The summed E-state index contributed by atoms with van der Waals surface area (Å²) in [5.41, 5.74) is 0. The van der Waals surface area contributed by atoms with E-state index in [1.807, 2.05) is 0 Å². The van der Waals surface area contributed by atoms with Gasteiger partial charge >= 0.3 is 5.30 Å². The summed E-state index contributed by atoms with van der Waals surface area (Å²) in [4.78, 5) is 10.3. The molecule has 0 aliphatic heterocycles. The molecule has 1 aliphatic carbocycles. The molecule has 5 heteroatoms. The van der Waals surface area contributed by atoms with Crippen LogP contribution >= 0.6 is 0 Å². The van der Waals surface area contributed by atoms with Crippen molar-refractivity contribution >= 4 is 15.1 Å². The smallest absolute Gasteiger partial charge is 0.422 e. The number of hydrogen-bond acceptors (Lipinski definition) is 3. The van der Waals surface area contributed by atoms with Gasteiger partial charge in [-0.05, 0) is 12.8 Å². The molecule has 1 saturated carbocycles. The summed E-state index contributed by atoms with van der Waals surface area (Å²) >= 11 is 0. The van der Waals surface area contributed by atoms with Crippen molar-refractivity contribution in [3.8, 4) is 0 Å². The van der Waals surface area contributed by atoms with Gasteiger partial charge in [-0.25, -0.2) is 13.2 Å². The Hall–Kier alpha value is -0.580. The number of carboxylic acid groups (broad SMARTS) is 1. The first-order valence-electron chi connectivity index (χ1n) is 4.02. The Kier molecular flexibility index (Phi) is 2.72. The van der Waals surface area contributed by atoms with Gasteiger partial charge in [0.25, 0.3) is 9.84 Å². The molecule has 4 nitrogen and oxygen atoms in total. The van der Waals surface area contributed by atoms with E-state index in [2.05, 4.69) is 0 Å². The van der Waals surface area contributed by atoms with Crippen molar-refractivity contribution in [2.75, 3.05) is 0 Å². The van der Waals surface area contributed by atoms with Crippen LogP contribution in [0.1, 0.15) is 32.1 Å². The molecule has 12 heavy (non-hydrogen) atoms. The lowest BCUT2D eigenvalue weighted by molar-refractivity contribution is 0.218. The molecule has 1 rings (SSSR count). The normalized spacial score (nSPS) is 20.7. The molecule has 1 aliphatic rings. The maximum absolute atomic E-state index is 11.1. The zero-order valence-electron chi connectivity index (χ0n) is 6.69. The molecule has 0 unspecified atom stereocenters.